The van der Waals surface area contributed by atoms with E-state index in [9.17, 15) is 4.79 Å². The first-order valence-corrected chi connectivity index (χ1v) is 13.9. The zero-order valence-corrected chi connectivity index (χ0v) is 23.5. The van der Waals surface area contributed by atoms with Gasteiger partial charge in [-0.15, -0.1) is 5.92 Å². The molecule has 1 aliphatic heterocycles. The van der Waals surface area contributed by atoms with Crippen LogP contribution < -0.4 is 10.5 Å². The van der Waals surface area contributed by atoms with Gasteiger partial charge in [0.05, 0.1) is 34.5 Å². The summed E-state index contributed by atoms with van der Waals surface area (Å²) in [5.41, 5.74) is 4.89. The van der Waals surface area contributed by atoms with Crippen molar-refractivity contribution in [3.8, 4) is 11.8 Å². The minimum absolute atomic E-state index is 0.0102. The van der Waals surface area contributed by atoms with Gasteiger partial charge < -0.3 is 14.0 Å². The highest BCUT2D eigenvalue weighted by Gasteiger charge is 2.37. The van der Waals surface area contributed by atoms with Gasteiger partial charge in [-0.3, -0.25) is 14.4 Å². The van der Waals surface area contributed by atoms with Crippen LogP contribution in [0.2, 0.25) is 0 Å². The van der Waals surface area contributed by atoms with Crippen LogP contribution in [0, 0.1) is 11.8 Å². The van der Waals surface area contributed by atoms with E-state index >= 15 is 0 Å². The molecule has 0 bridgehead atoms. The lowest BCUT2D eigenvalue weighted by Crippen LogP contribution is -2.59. The molecule has 3 aromatic heterocycles. The maximum atomic E-state index is 13.0. The highest BCUT2D eigenvalue weighted by Crippen LogP contribution is 2.35. The van der Waals surface area contributed by atoms with Gasteiger partial charge in [-0.25, -0.2) is 4.98 Å². The number of benzene rings is 1. The molecule has 0 N–H and O–H groups in total. The Morgan fingerprint density at radius 1 is 1.08 bits per heavy atom. The molecule has 1 saturated heterocycles. The van der Waals surface area contributed by atoms with Crippen LogP contribution in [0.5, 0.6) is 0 Å². The predicted molar refractivity (Wildman–Crippen MR) is 154 cm³/mol. The number of hydrogen-bond donors (Lipinski definition) is 0. The summed E-state index contributed by atoms with van der Waals surface area (Å²) < 4.78 is 5.89. The molecule has 1 fully saturated rings. The van der Waals surface area contributed by atoms with Crippen LogP contribution in [0.1, 0.15) is 59.3 Å². The van der Waals surface area contributed by atoms with Gasteiger partial charge in [-0.1, -0.05) is 31.9 Å². The lowest BCUT2D eigenvalue weighted by molar-refractivity contribution is 0.0954. The Balaban J connectivity index is 1.53. The molecule has 4 aromatic rings. The molecule has 3 atom stereocenters. The Labute approximate surface area is 224 Å². The van der Waals surface area contributed by atoms with Gasteiger partial charge in [0.25, 0.3) is 5.56 Å². The fourth-order valence-corrected chi connectivity index (χ4v) is 6.05. The van der Waals surface area contributed by atoms with E-state index in [1.165, 1.54) is 5.52 Å². The van der Waals surface area contributed by atoms with Crippen molar-refractivity contribution in [3.63, 3.8) is 0 Å². The number of aromatic nitrogens is 5. The highest BCUT2D eigenvalue weighted by atomic mass is 16.1. The number of piperazine rings is 1. The summed E-state index contributed by atoms with van der Waals surface area (Å²) in [7, 11) is 1.82. The van der Waals surface area contributed by atoms with Gasteiger partial charge in [0.15, 0.2) is 0 Å². The van der Waals surface area contributed by atoms with Crippen molar-refractivity contribution >= 4 is 27.8 Å². The van der Waals surface area contributed by atoms with Crippen molar-refractivity contribution in [1.82, 2.24) is 28.8 Å². The average Bonchev–Trinajstić information content (AvgIpc) is 3.54. The molecule has 0 saturated carbocycles. The SMILES string of the molecule is CC#CCn1cc2c(n1)c(N1C[C@@H](CC)N(C(C)c3nc4ccccc4n3CC)C[C@@H]1CC)cc(=O)n2C. The molecule has 0 spiro atoms. The van der Waals surface area contributed by atoms with Crippen LogP contribution in [0.15, 0.2) is 41.3 Å². The van der Waals surface area contributed by atoms with Crippen LogP contribution in [-0.2, 0) is 20.1 Å². The second kappa shape index (κ2) is 10.7. The van der Waals surface area contributed by atoms with Gasteiger partial charge in [0.1, 0.15) is 17.9 Å². The molecule has 1 aromatic carbocycles. The minimum atomic E-state index is -0.0102. The third kappa shape index (κ3) is 4.39. The molecule has 0 amide bonds. The first kappa shape index (κ1) is 26.1. The number of pyridine rings is 1. The maximum Gasteiger partial charge on any atom is 0.252 e. The molecule has 1 aliphatic rings. The first-order valence-electron chi connectivity index (χ1n) is 13.9. The van der Waals surface area contributed by atoms with E-state index in [0.29, 0.717) is 12.6 Å². The fraction of sp³-hybridized carbons (Fsp3) is 0.500. The van der Waals surface area contributed by atoms with Crippen molar-refractivity contribution in [2.24, 2.45) is 7.05 Å². The topological polar surface area (TPSA) is 64.1 Å². The number of aryl methyl sites for hydroxylation is 2. The molecular formula is C30H39N7O. The van der Waals surface area contributed by atoms with E-state index in [-0.39, 0.29) is 17.6 Å². The van der Waals surface area contributed by atoms with Gasteiger partial charge in [-0.2, -0.15) is 5.10 Å². The molecule has 4 heterocycles. The monoisotopic (exact) mass is 513 g/mol. The summed E-state index contributed by atoms with van der Waals surface area (Å²) in [4.78, 5) is 23.2. The Hall–Kier alpha value is -3.57. The summed E-state index contributed by atoms with van der Waals surface area (Å²) in [5, 5.41) is 4.88. The lowest BCUT2D eigenvalue weighted by atomic mass is 9.99. The summed E-state index contributed by atoms with van der Waals surface area (Å²) >= 11 is 0. The smallest absolute Gasteiger partial charge is 0.252 e. The third-order valence-electron chi connectivity index (χ3n) is 8.22. The number of hydrogen-bond acceptors (Lipinski definition) is 5. The van der Waals surface area contributed by atoms with Crippen LogP contribution in [0.3, 0.4) is 0 Å². The lowest BCUT2D eigenvalue weighted by Gasteiger charge is -2.49. The predicted octanol–water partition coefficient (Wildman–Crippen LogP) is 4.57. The standard InChI is InChI=1S/C30H39N7O/c1-7-11-16-34-20-27-29(32-34)26(17-28(38)33(27)6)37-19-22(8-2)36(18-23(37)9-3)21(5)30-31-24-14-12-13-15-25(24)35(30)10-4/h12-15,17,20-23H,8-10,16,18-19H2,1-6H3/t21?,22-,23+/m1/s1. The first-order chi connectivity index (χ1) is 18.4. The molecule has 8 nitrogen and oxygen atoms in total. The molecule has 5 rings (SSSR count). The largest absolute Gasteiger partial charge is 0.364 e. The average molecular weight is 514 g/mol. The number of nitrogens with zero attached hydrogens (tertiary/aromatic N) is 7. The van der Waals surface area contributed by atoms with Gasteiger partial charge in [-0.05, 0) is 45.7 Å². The summed E-state index contributed by atoms with van der Waals surface area (Å²) in [6.07, 6.45) is 3.93. The molecule has 0 aliphatic carbocycles. The van der Waals surface area contributed by atoms with E-state index in [2.05, 4.69) is 78.2 Å². The Morgan fingerprint density at radius 2 is 1.84 bits per heavy atom. The molecule has 200 valence electrons. The zero-order chi connectivity index (χ0) is 27.0. The van der Waals surface area contributed by atoms with Crippen molar-refractivity contribution in [2.75, 3.05) is 18.0 Å². The quantitative estimate of drug-likeness (QED) is 0.339. The zero-order valence-electron chi connectivity index (χ0n) is 23.5. The maximum absolute atomic E-state index is 13.0. The molecule has 1 unspecified atom stereocenters. The second-order valence-corrected chi connectivity index (χ2v) is 10.3. The number of fused-ring (bicyclic) bond motifs is 2. The molecule has 0 radical (unpaired) electrons. The second-order valence-electron chi connectivity index (χ2n) is 10.3. The van der Waals surface area contributed by atoms with Crippen LogP contribution in [0.4, 0.5) is 5.69 Å². The Morgan fingerprint density at radius 3 is 2.55 bits per heavy atom. The summed E-state index contributed by atoms with van der Waals surface area (Å²) in [6.45, 7) is 14.0. The van der Waals surface area contributed by atoms with E-state index in [1.807, 2.05) is 24.9 Å². The van der Waals surface area contributed by atoms with Crippen molar-refractivity contribution in [2.45, 2.75) is 78.7 Å². The third-order valence-corrected chi connectivity index (χ3v) is 8.22. The molecule has 8 heteroatoms. The number of para-hydroxylation sites is 2. The minimum Gasteiger partial charge on any atom is -0.364 e. The number of rotatable bonds is 7. The van der Waals surface area contributed by atoms with Gasteiger partial charge in [0.2, 0.25) is 0 Å². The number of anilines is 1. The van der Waals surface area contributed by atoms with Crippen molar-refractivity contribution in [1.29, 1.82) is 0 Å². The van der Waals surface area contributed by atoms with E-state index in [1.54, 1.807) is 10.6 Å². The molecule has 38 heavy (non-hydrogen) atoms. The molecular weight excluding hydrogens is 474 g/mol. The van der Waals surface area contributed by atoms with E-state index in [0.717, 1.165) is 60.5 Å². The Kier molecular flexibility index (Phi) is 7.31. The Bertz CT molecular complexity index is 1570. The van der Waals surface area contributed by atoms with Crippen molar-refractivity contribution in [3.05, 3.63) is 52.7 Å². The van der Waals surface area contributed by atoms with Crippen LogP contribution in [-0.4, -0.2) is 54.0 Å². The van der Waals surface area contributed by atoms with Gasteiger partial charge in [0, 0.05) is 44.8 Å². The number of imidazole rings is 1. The van der Waals surface area contributed by atoms with Gasteiger partial charge >= 0.3 is 0 Å². The summed E-state index contributed by atoms with van der Waals surface area (Å²) in [5.74, 6) is 7.15. The summed E-state index contributed by atoms with van der Waals surface area (Å²) in [6, 6.07) is 11.0. The normalized spacial score (nSPS) is 19.2. The van der Waals surface area contributed by atoms with E-state index < -0.39 is 0 Å². The fourth-order valence-electron chi connectivity index (χ4n) is 6.05. The van der Waals surface area contributed by atoms with Crippen LogP contribution in [0.25, 0.3) is 22.1 Å². The van der Waals surface area contributed by atoms with E-state index in [4.69, 9.17) is 10.1 Å². The van der Waals surface area contributed by atoms with Crippen molar-refractivity contribution < 1.29 is 0 Å². The highest BCUT2D eigenvalue weighted by molar-refractivity contribution is 5.88. The van der Waals surface area contributed by atoms with Crippen LogP contribution >= 0.6 is 0 Å².